The summed E-state index contributed by atoms with van der Waals surface area (Å²) in [6.45, 7) is 5.97. The Morgan fingerprint density at radius 3 is 2.68 bits per heavy atom. The summed E-state index contributed by atoms with van der Waals surface area (Å²) in [6, 6.07) is 11.8. The third kappa shape index (κ3) is 2.32. The summed E-state index contributed by atoms with van der Waals surface area (Å²) in [4.78, 5) is 11.9. The van der Waals surface area contributed by atoms with Crippen molar-refractivity contribution < 1.29 is 9.90 Å². The third-order valence-corrected chi connectivity index (χ3v) is 4.56. The van der Waals surface area contributed by atoms with Gasteiger partial charge in [-0.15, -0.1) is 0 Å². The van der Waals surface area contributed by atoms with Crippen molar-refractivity contribution in [1.82, 2.24) is 0 Å². The first kappa shape index (κ1) is 14.8. The molecule has 2 N–H and O–H groups in total. The number of carbonyl (C=O) groups is 1. The molecule has 0 fully saturated rings. The first-order valence-electron chi connectivity index (χ1n) is 7.74. The number of aliphatic hydroxyl groups excluding tert-OH is 1. The van der Waals surface area contributed by atoms with E-state index >= 15 is 0 Å². The van der Waals surface area contributed by atoms with Crippen molar-refractivity contribution in [2.45, 2.75) is 39.2 Å². The number of amides is 1. The maximum atomic E-state index is 11.9. The fourth-order valence-corrected chi connectivity index (χ4v) is 3.13. The molecule has 22 heavy (non-hydrogen) atoms. The van der Waals surface area contributed by atoms with Crippen LogP contribution in [0, 0.1) is 6.92 Å². The van der Waals surface area contributed by atoms with Crippen LogP contribution in [0.4, 0.5) is 5.69 Å². The van der Waals surface area contributed by atoms with Crippen molar-refractivity contribution in [2.75, 3.05) is 5.32 Å². The van der Waals surface area contributed by atoms with Gasteiger partial charge < -0.3 is 10.4 Å². The first-order chi connectivity index (χ1) is 10.5. The summed E-state index contributed by atoms with van der Waals surface area (Å²) in [5.74, 6) is -0.128. The summed E-state index contributed by atoms with van der Waals surface area (Å²) in [5.41, 5.74) is 5.84. The van der Waals surface area contributed by atoms with Crippen LogP contribution in [0.2, 0.25) is 0 Å². The third-order valence-electron chi connectivity index (χ3n) is 4.56. The summed E-state index contributed by atoms with van der Waals surface area (Å²) >= 11 is 0. The minimum Gasteiger partial charge on any atom is -0.384 e. The average molecular weight is 295 g/mol. The Balaban J connectivity index is 2.10. The van der Waals surface area contributed by atoms with Gasteiger partial charge in [0.25, 0.3) is 0 Å². The monoisotopic (exact) mass is 295 g/mol. The number of nitrogens with one attached hydrogen (secondary N) is 1. The van der Waals surface area contributed by atoms with Crippen molar-refractivity contribution in [3.05, 3.63) is 64.2 Å². The smallest absolute Gasteiger partial charge is 0.231 e. The molecule has 1 aliphatic rings. The SMILES string of the molecule is CCc1cc(C(O)c2ccccc2C)cc2c1NC(=O)C2C. The van der Waals surface area contributed by atoms with Crippen LogP contribution < -0.4 is 5.32 Å². The van der Waals surface area contributed by atoms with E-state index in [9.17, 15) is 9.90 Å². The molecular formula is C19H21NO2. The highest BCUT2D eigenvalue weighted by Gasteiger charge is 2.29. The van der Waals surface area contributed by atoms with Crippen LogP contribution in [-0.4, -0.2) is 11.0 Å². The molecule has 0 saturated heterocycles. The van der Waals surface area contributed by atoms with Gasteiger partial charge in [-0.05, 0) is 54.2 Å². The predicted octanol–water partition coefficient (Wildman–Crippen LogP) is 3.69. The van der Waals surface area contributed by atoms with E-state index in [0.717, 1.165) is 39.9 Å². The summed E-state index contributed by atoms with van der Waals surface area (Å²) in [6.07, 6.45) is 0.156. The van der Waals surface area contributed by atoms with E-state index in [1.165, 1.54) is 0 Å². The van der Waals surface area contributed by atoms with E-state index in [2.05, 4.69) is 12.2 Å². The van der Waals surface area contributed by atoms with Gasteiger partial charge in [0, 0.05) is 5.69 Å². The molecule has 3 rings (SSSR count). The summed E-state index contributed by atoms with van der Waals surface area (Å²) < 4.78 is 0. The predicted molar refractivity (Wildman–Crippen MR) is 88.1 cm³/mol. The van der Waals surface area contributed by atoms with E-state index in [-0.39, 0.29) is 11.8 Å². The zero-order chi connectivity index (χ0) is 15.9. The maximum absolute atomic E-state index is 11.9. The molecule has 0 aromatic heterocycles. The van der Waals surface area contributed by atoms with Gasteiger partial charge in [-0.3, -0.25) is 4.79 Å². The number of benzene rings is 2. The number of aryl methyl sites for hydroxylation is 2. The second-order valence-electron chi connectivity index (χ2n) is 5.97. The van der Waals surface area contributed by atoms with Crippen molar-refractivity contribution in [3.8, 4) is 0 Å². The highest BCUT2D eigenvalue weighted by atomic mass is 16.3. The molecule has 0 saturated carbocycles. The Labute approximate surface area is 131 Å². The van der Waals surface area contributed by atoms with E-state index in [1.54, 1.807) is 0 Å². The van der Waals surface area contributed by atoms with Gasteiger partial charge in [0.1, 0.15) is 6.10 Å². The van der Waals surface area contributed by atoms with Crippen molar-refractivity contribution in [2.24, 2.45) is 0 Å². The zero-order valence-corrected chi connectivity index (χ0v) is 13.2. The molecule has 2 aromatic carbocycles. The number of hydrogen-bond donors (Lipinski definition) is 2. The van der Waals surface area contributed by atoms with E-state index in [1.807, 2.05) is 50.2 Å². The maximum Gasteiger partial charge on any atom is 0.231 e. The van der Waals surface area contributed by atoms with Crippen LogP contribution in [-0.2, 0) is 11.2 Å². The van der Waals surface area contributed by atoms with Gasteiger partial charge in [0.2, 0.25) is 5.91 Å². The molecule has 1 heterocycles. The lowest BCUT2D eigenvalue weighted by atomic mass is 9.91. The molecule has 2 aromatic rings. The number of hydrogen-bond acceptors (Lipinski definition) is 2. The minimum absolute atomic E-state index is 0.0345. The van der Waals surface area contributed by atoms with Gasteiger partial charge in [-0.1, -0.05) is 37.3 Å². The first-order valence-corrected chi connectivity index (χ1v) is 7.74. The van der Waals surface area contributed by atoms with Gasteiger partial charge in [-0.25, -0.2) is 0 Å². The molecule has 3 nitrogen and oxygen atoms in total. The Hall–Kier alpha value is -2.13. The molecular weight excluding hydrogens is 274 g/mol. The molecule has 2 atom stereocenters. The zero-order valence-electron chi connectivity index (χ0n) is 13.2. The van der Waals surface area contributed by atoms with Gasteiger partial charge in [0.15, 0.2) is 0 Å². The normalized spacial score (nSPS) is 18.0. The number of aliphatic hydroxyl groups is 1. The lowest BCUT2D eigenvalue weighted by molar-refractivity contribution is -0.116. The Morgan fingerprint density at radius 1 is 1.27 bits per heavy atom. The minimum atomic E-state index is -0.667. The van der Waals surface area contributed by atoms with Crippen LogP contribution in [0.3, 0.4) is 0 Å². The van der Waals surface area contributed by atoms with Crippen LogP contribution in [0.25, 0.3) is 0 Å². The van der Waals surface area contributed by atoms with E-state index in [0.29, 0.717) is 0 Å². The quantitative estimate of drug-likeness (QED) is 0.907. The lowest BCUT2D eigenvalue weighted by Gasteiger charge is -2.17. The van der Waals surface area contributed by atoms with Crippen LogP contribution in [0.5, 0.6) is 0 Å². The van der Waals surface area contributed by atoms with Crippen LogP contribution >= 0.6 is 0 Å². The van der Waals surface area contributed by atoms with E-state index < -0.39 is 6.10 Å². The standard InChI is InChI=1S/C19H21NO2/c1-4-13-9-14(10-16-12(3)19(22)20-17(13)16)18(21)15-8-6-5-7-11(15)2/h5-10,12,18,21H,4H2,1-3H3,(H,20,22). The second-order valence-corrected chi connectivity index (χ2v) is 5.97. The molecule has 114 valence electrons. The molecule has 0 bridgehead atoms. The molecule has 1 aliphatic heterocycles. The van der Waals surface area contributed by atoms with Gasteiger partial charge in [-0.2, -0.15) is 0 Å². The Morgan fingerprint density at radius 2 is 2.00 bits per heavy atom. The molecule has 0 aliphatic carbocycles. The topological polar surface area (TPSA) is 49.3 Å². The van der Waals surface area contributed by atoms with Gasteiger partial charge in [0.05, 0.1) is 5.92 Å². The van der Waals surface area contributed by atoms with Crippen LogP contribution in [0.15, 0.2) is 36.4 Å². The van der Waals surface area contributed by atoms with Crippen molar-refractivity contribution >= 4 is 11.6 Å². The van der Waals surface area contributed by atoms with Crippen molar-refractivity contribution in [1.29, 1.82) is 0 Å². The molecule has 0 spiro atoms. The highest BCUT2D eigenvalue weighted by molar-refractivity contribution is 6.03. The molecule has 0 radical (unpaired) electrons. The average Bonchev–Trinajstić information content (AvgIpc) is 2.81. The fourth-order valence-electron chi connectivity index (χ4n) is 3.13. The Bertz CT molecular complexity index is 736. The Kier molecular flexibility index (Phi) is 3.75. The summed E-state index contributed by atoms with van der Waals surface area (Å²) in [5, 5.41) is 13.7. The van der Waals surface area contributed by atoms with E-state index in [4.69, 9.17) is 0 Å². The summed E-state index contributed by atoms with van der Waals surface area (Å²) in [7, 11) is 0. The lowest BCUT2D eigenvalue weighted by Crippen LogP contribution is -2.08. The number of carbonyl (C=O) groups excluding carboxylic acids is 1. The second kappa shape index (κ2) is 5.58. The number of rotatable bonds is 3. The number of anilines is 1. The molecule has 3 heteroatoms. The molecule has 2 unspecified atom stereocenters. The fraction of sp³-hybridized carbons (Fsp3) is 0.316. The molecule has 1 amide bonds. The van der Waals surface area contributed by atoms with Crippen molar-refractivity contribution in [3.63, 3.8) is 0 Å². The van der Waals surface area contributed by atoms with Gasteiger partial charge >= 0.3 is 0 Å². The number of fused-ring (bicyclic) bond motifs is 1. The van der Waals surface area contributed by atoms with Crippen LogP contribution in [0.1, 0.15) is 53.7 Å². The largest absolute Gasteiger partial charge is 0.384 e. The highest BCUT2D eigenvalue weighted by Crippen LogP contribution is 2.38.